The van der Waals surface area contributed by atoms with E-state index in [4.69, 9.17) is 9.47 Å². The van der Waals surface area contributed by atoms with Gasteiger partial charge in [-0.1, -0.05) is 37.7 Å². The molecule has 172 valence electrons. The van der Waals surface area contributed by atoms with Crippen molar-refractivity contribution >= 4 is 34.5 Å². The number of ether oxygens (including phenoxy) is 2. The number of nitrogens with one attached hydrogen (secondary N) is 2. The minimum absolute atomic E-state index is 0.0427. The fourth-order valence-electron chi connectivity index (χ4n) is 2.83. The SMILES string of the molecule is COCCNc1nc(SC(C)C)nc2c1cnn2CCNC(=O)COc1ccccc1F. The Balaban J connectivity index is 1.63. The van der Waals surface area contributed by atoms with Crippen LogP contribution in [-0.2, 0) is 16.1 Å². The highest BCUT2D eigenvalue weighted by atomic mass is 32.2. The highest BCUT2D eigenvalue weighted by Crippen LogP contribution is 2.26. The molecule has 0 spiro atoms. The first kappa shape index (κ1) is 23.7. The molecule has 11 heteroatoms. The first-order valence-electron chi connectivity index (χ1n) is 10.2. The number of carbonyl (C=O) groups is 1. The van der Waals surface area contributed by atoms with Crippen molar-refractivity contribution in [2.45, 2.75) is 30.8 Å². The van der Waals surface area contributed by atoms with E-state index in [1.165, 1.54) is 12.1 Å². The van der Waals surface area contributed by atoms with E-state index in [0.717, 1.165) is 5.39 Å². The van der Waals surface area contributed by atoms with Crippen LogP contribution in [0.3, 0.4) is 0 Å². The summed E-state index contributed by atoms with van der Waals surface area (Å²) < 4.78 is 25.6. The average Bonchev–Trinajstić information content (AvgIpc) is 3.16. The quantitative estimate of drug-likeness (QED) is 0.241. The predicted octanol–water partition coefficient (Wildman–Crippen LogP) is 2.72. The molecule has 3 rings (SSSR count). The molecule has 0 aliphatic carbocycles. The Labute approximate surface area is 190 Å². The van der Waals surface area contributed by atoms with E-state index >= 15 is 0 Å². The average molecular weight is 463 g/mol. The van der Waals surface area contributed by atoms with Gasteiger partial charge in [-0.2, -0.15) is 5.10 Å². The van der Waals surface area contributed by atoms with Crippen molar-refractivity contribution in [3.05, 3.63) is 36.3 Å². The maximum atomic E-state index is 13.6. The molecule has 1 amide bonds. The minimum Gasteiger partial charge on any atom is -0.481 e. The van der Waals surface area contributed by atoms with E-state index in [2.05, 4.69) is 39.5 Å². The smallest absolute Gasteiger partial charge is 0.258 e. The summed E-state index contributed by atoms with van der Waals surface area (Å²) in [5, 5.41) is 12.2. The van der Waals surface area contributed by atoms with Gasteiger partial charge in [0, 0.05) is 25.4 Å². The standard InChI is InChI=1S/C21H27FN6O3S/c1-14(2)32-21-26-19(24-9-11-30-3)15-12-25-28(20(15)27-21)10-8-23-18(29)13-31-17-7-5-4-6-16(17)22/h4-7,12,14H,8-11,13H2,1-3H3,(H,23,29)(H,24,26,27). The summed E-state index contributed by atoms with van der Waals surface area (Å²) in [4.78, 5) is 21.3. The van der Waals surface area contributed by atoms with Crippen molar-refractivity contribution in [3.8, 4) is 5.75 Å². The van der Waals surface area contributed by atoms with Crippen LogP contribution in [0, 0.1) is 5.82 Å². The van der Waals surface area contributed by atoms with Crippen molar-refractivity contribution in [1.29, 1.82) is 0 Å². The molecule has 0 aliphatic rings. The molecule has 0 bridgehead atoms. The van der Waals surface area contributed by atoms with E-state index in [0.29, 0.717) is 48.1 Å². The number of halogens is 1. The van der Waals surface area contributed by atoms with E-state index in [1.807, 2.05) is 0 Å². The number of rotatable bonds is 12. The van der Waals surface area contributed by atoms with E-state index in [1.54, 1.807) is 41.9 Å². The van der Waals surface area contributed by atoms with Crippen LogP contribution >= 0.6 is 11.8 Å². The van der Waals surface area contributed by atoms with Gasteiger partial charge in [-0.25, -0.2) is 19.0 Å². The number of hydrogen-bond acceptors (Lipinski definition) is 8. The summed E-state index contributed by atoms with van der Waals surface area (Å²) in [5.74, 6) is -0.116. The summed E-state index contributed by atoms with van der Waals surface area (Å²) in [6.07, 6.45) is 1.71. The molecule has 3 aromatic rings. The summed E-state index contributed by atoms with van der Waals surface area (Å²) in [5.41, 5.74) is 0.680. The lowest BCUT2D eigenvalue weighted by molar-refractivity contribution is -0.123. The molecule has 0 aliphatic heterocycles. The van der Waals surface area contributed by atoms with Crippen LogP contribution in [0.5, 0.6) is 5.75 Å². The second-order valence-corrected chi connectivity index (χ2v) is 8.66. The van der Waals surface area contributed by atoms with Crippen LogP contribution in [0.1, 0.15) is 13.8 Å². The third-order valence-corrected chi connectivity index (χ3v) is 5.12. The van der Waals surface area contributed by atoms with Crippen LogP contribution in [0.15, 0.2) is 35.6 Å². The lowest BCUT2D eigenvalue weighted by atomic mass is 10.3. The zero-order valence-corrected chi connectivity index (χ0v) is 19.1. The number of hydrogen-bond donors (Lipinski definition) is 2. The molecule has 0 unspecified atom stereocenters. The van der Waals surface area contributed by atoms with Crippen molar-refractivity contribution in [2.24, 2.45) is 0 Å². The van der Waals surface area contributed by atoms with Crippen LogP contribution in [0.2, 0.25) is 0 Å². The maximum Gasteiger partial charge on any atom is 0.258 e. The number of aromatic nitrogens is 4. The Bertz CT molecular complexity index is 1050. The number of nitrogens with zero attached hydrogens (tertiary/aromatic N) is 4. The zero-order valence-electron chi connectivity index (χ0n) is 18.3. The Kier molecular flexibility index (Phi) is 8.63. The van der Waals surface area contributed by atoms with Gasteiger partial charge in [-0.05, 0) is 12.1 Å². The van der Waals surface area contributed by atoms with E-state index in [9.17, 15) is 9.18 Å². The predicted molar refractivity (Wildman–Crippen MR) is 122 cm³/mol. The fourth-order valence-corrected chi connectivity index (χ4v) is 3.53. The zero-order chi connectivity index (χ0) is 22.9. The van der Waals surface area contributed by atoms with Crippen LogP contribution < -0.4 is 15.4 Å². The maximum absolute atomic E-state index is 13.6. The molecular formula is C21H27FN6O3S. The molecule has 0 radical (unpaired) electrons. The first-order chi connectivity index (χ1) is 15.5. The summed E-state index contributed by atoms with van der Waals surface area (Å²) in [6, 6.07) is 5.96. The number of anilines is 1. The largest absolute Gasteiger partial charge is 0.481 e. The van der Waals surface area contributed by atoms with Crippen molar-refractivity contribution in [3.63, 3.8) is 0 Å². The Morgan fingerprint density at radius 2 is 2.06 bits per heavy atom. The second-order valence-electron chi connectivity index (χ2n) is 7.12. The third-order valence-electron chi connectivity index (χ3n) is 4.26. The molecular weight excluding hydrogens is 435 g/mol. The normalized spacial score (nSPS) is 11.2. The Morgan fingerprint density at radius 1 is 1.25 bits per heavy atom. The topological polar surface area (TPSA) is 103 Å². The molecule has 32 heavy (non-hydrogen) atoms. The van der Waals surface area contributed by atoms with Crippen molar-refractivity contribution < 1.29 is 18.7 Å². The van der Waals surface area contributed by atoms with Gasteiger partial charge in [0.25, 0.3) is 5.91 Å². The number of methoxy groups -OCH3 is 1. The lowest BCUT2D eigenvalue weighted by Gasteiger charge is -2.11. The monoisotopic (exact) mass is 462 g/mol. The Hall–Kier alpha value is -2.92. The van der Waals surface area contributed by atoms with E-state index in [-0.39, 0.29) is 18.3 Å². The molecule has 1 aromatic carbocycles. The molecule has 2 aromatic heterocycles. The first-order valence-corrected chi connectivity index (χ1v) is 11.1. The number of para-hydroxylation sites is 1. The van der Waals surface area contributed by atoms with Crippen LogP contribution in [0.25, 0.3) is 11.0 Å². The van der Waals surface area contributed by atoms with Gasteiger partial charge in [0.05, 0.1) is 24.7 Å². The van der Waals surface area contributed by atoms with Crippen molar-refractivity contribution in [2.75, 3.05) is 38.7 Å². The highest BCUT2D eigenvalue weighted by Gasteiger charge is 2.14. The summed E-state index contributed by atoms with van der Waals surface area (Å²) >= 11 is 1.56. The van der Waals surface area contributed by atoms with Gasteiger partial charge in [0.15, 0.2) is 29.0 Å². The van der Waals surface area contributed by atoms with Crippen molar-refractivity contribution in [1.82, 2.24) is 25.1 Å². The molecule has 0 saturated carbocycles. The van der Waals surface area contributed by atoms with Gasteiger partial charge < -0.3 is 20.1 Å². The number of amides is 1. The number of fused-ring (bicyclic) bond motifs is 1. The number of thioether (sulfide) groups is 1. The lowest BCUT2D eigenvalue weighted by Crippen LogP contribution is -2.31. The third kappa shape index (κ3) is 6.54. The molecule has 2 N–H and O–H groups in total. The Morgan fingerprint density at radius 3 is 2.81 bits per heavy atom. The summed E-state index contributed by atoms with van der Waals surface area (Å²) in [6.45, 7) is 5.77. The summed E-state index contributed by atoms with van der Waals surface area (Å²) in [7, 11) is 1.64. The van der Waals surface area contributed by atoms with Crippen LogP contribution in [-0.4, -0.2) is 64.3 Å². The minimum atomic E-state index is -0.507. The van der Waals surface area contributed by atoms with Gasteiger partial charge in [-0.15, -0.1) is 0 Å². The van der Waals surface area contributed by atoms with Gasteiger partial charge in [0.1, 0.15) is 5.82 Å². The molecule has 2 heterocycles. The molecule has 0 atom stereocenters. The molecule has 0 saturated heterocycles. The number of carbonyl (C=O) groups excluding carboxylic acids is 1. The van der Waals surface area contributed by atoms with E-state index < -0.39 is 5.82 Å². The molecule has 9 nitrogen and oxygen atoms in total. The van der Waals surface area contributed by atoms with Crippen LogP contribution in [0.4, 0.5) is 10.2 Å². The molecule has 0 fully saturated rings. The van der Waals surface area contributed by atoms with Gasteiger partial charge >= 0.3 is 0 Å². The highest BCUT2D eigenvalue weighted by molar-refractivity contribution is 7.99. The van der Waals surface area contributed by atoms with Gasteiger partial charge in [-0.3, -0.25) is 4.79 Å². The number of benzene rings is 1. The second kappa shape index (κ2) is 11.6. The van der Waals surface area contributed by atoms with Gasteiger partial charge in [0.2, 0.25) is 0 Å². The fraction of sp³-hybridized carbons (Fsp3) is 0.429.